The number of esters is 2. The van der Waals surface area contributed by atoms with Crippen molar-refractivity contribution in [2.45, 2.75) is 91.4 Å². The molecule has 0 amide bonds. The van der Waals surface area contributed by atoms with Gasteiger partial charge in [-0.25, -0.2) is 0 Å². The maximum atomic E-state index is 13.1. The van der Waals surface area contributed by atoms with Crippen LogP contribution in [0, 0.1) is 11.3 Å². The average Bonchev–Trinajstić information content (AvgIpc) is 2.95. The third kappa shape index (κ3) is 9.41. The Hall–Kier alpha value is -2.78. The van der Waals surface area contributed by atoms with Gasteiger partial charge in [-0.05, 0) is 37.8 Å². The van der Waals surface area contributed by atoms with Crippen molar-refractivity contribution in [2.75, 3.05) is 13.7 Å². The molecule has 0 aliphatic carbocycles. The molecule has 8 nitrogen and oxygen atoms in total. The summed E-state index contributed by atoms with van der Waals surface area (Å²) >= 11 is 0. The van der Waals surface area contributed by atoms with Gasteiger partial charge in [0.2, 0.25) is 0 Å². The Labute approximate surface area is 238 Å². The highest BCUT2D eigenvalue weighted by atomic mass is 16.7. The van der Waals surface area contributed by atoms with Crippen LogP contribution in [0.5, 0.6) is 0 Å². The van der Waals surface area contributed by atoms with Crippen molar-refractivity contribution < 1.29 is 38.0 Å². The van der Waals surface area contributed by atoms with Crippen molar-refractivity contribution in [3.8, 4) is 0 Å². The van der Waals surface area contributed by atoms with Gasteiger partial charge in [0.1, 0.15) is 24.9 Å². The summed E-state index contributed by atoms with van der Waals surface area (Å²) in [5.41, 5.74) is 1.13. The van der Waals surface area contributed by atoms with E-state index in [1.807, 2.05) is 74.5 Å². The Morgan fingerprint density at radius 3 is 1.93 bits per heavy atom. The minimum absolute atomic E-state index is 0.117. The molecule has 1 saturated heterocycles. The van der Waals surface area contributed by atoms with Crippen LogP contribution in [0.1, 0.15) is 58.6 Å². The second-order valence-corrected chi connectivity index (χ2v) is 11.3. The lowest BCUT2D eigenvalue weighted by molar-refractivity contribution is -0.317. The van der Waals surface area contributed by atoms with Gasteiger partial charge in [-0.3, -0.25) is 9.59 Å². The van der Waals surface area contributed by atoms with Gasteiger partial charge in [0.05, 0.1) is 18.6 Å². The lowest BCUT2D eigenvalue weighted by Crippen LogP contribution is -2.62. The zero-order valence-corrected chi connectivity index (χ0v) is 24.5. The molecule has 220 valence electrons. The van der Waals surface area contributed by atoms with Crippen molar-refractivity contribution in [3.63, 3.8) is 0 Å². The first kappa shape index (κ1) is 31.7. The lowest BCUT2D eigenvalue weighted by Gasteiger charge is -2.45. The SMILES string of the molecule is CC[C@@H](C)CC(=O)OC[C@H]1O[C@H](OC)[C@H](OCc2ccccc2)[C@@H](OCc2ccccc2)[C@@H]1OC(=O)C(C)(C)C. The molecule has 1 aliphatic rings. The van der Waals surface area contributed by atoms with Gasteiger partial charge >= 0.3 is 11.9 Å². The van der Waals surface area contributed by atoms with E-state index < -0.39 is 42.1 Å². The average molecular weight is 557 g/mol. The fourth-order valence-electron chi connectivity index (χ4n) is 4.21. The summed E-state index contributed by atoms with van der Waals surface area (Å²) < 4.78 is 36.4. The predicted molar refractivity (Wildman–Crippen MR) is 150 cm³/mol. The first-order chi connectivity index (χ1) is 19.1. The molecule has 40 heavy (non-hydrogen) atoms. The summed E-state index contributed by atoms with van der Waals surface area (Å²) in [7, 11) is 1.52. The van der Waals surface area contributed by atoms with E-state index >= 15 is 0 Å². The molecule has 0 bridgehead atoms. The minimum Gasteiger partial charge on any atom is -0.463 e. The molecule has 0 saturated carbocycles. The van der Waals surface area contributed by atoms with Gasteiger partial charge in [0.25, 0.3) is 0 Å². The van der Waals surface area contributed by atoms with Gasteiger partial charge in [-0.15, -0.1) is 0 Å². The van der Waals surface area contributed by atoms with E-state index in [1.165, 1.54) is 7.11 Å². The summed E-state index contributed by atoms with van der Waals surface area (Å²) in [6.07, 6.45) is -2.95. The molecule has 0 radical (unpaired) electrons. The highest BCUT2D eigenvalue weighted by Crippen LogP contribution is 2.32. The zero-order valence-electron chi connectivity index (χ0n) is 24.5. The Morgan fingerprint density at radius 1 is 0.875 bits per heavy atom. The van der Waals surface area contributed by atoms with Crippen LogP contribution in [-0.4, -0.2) is 56.4 Å². The van der Waals surface area contributed by atoms with Crippen molar-refractivity contribution in [3.05, 3.63) is 71.8 Å². The maximum Gasteiger partial charge on any atom is 0.311 e. The molecule has 1 fully saturated rings. The van der Waals surface area contributed by atoms with Crippen molar-refractivity contribution >= 4 is 11.9 Å². The van der Waals surface area contributed by atoms with E-state index in [0.717, 1.165) is 17.5 Å². The number of carbonyl (C=O) groups excluding carboxylic acids is 2. The van der Waals surface area contributed by atoms with Gasteiger partial charge < -0.3 is 28.4 Å². The van der Waals surface area contributed by atoms with Crippen molar-refractivity contribution in [1.29, 1.82) is 0 Å². The third-order valence-electron chi connectivity index (χ3n) is 6.87. The third-order valence-corrected chi connectivity index (χ3v) is 6.87. The zero-order chi connectivity index (χ0) is 29.1. The highest BCUT2D eigenvalue weighted by molar-refractivity contribution is 5.75. The van der Waals surface area contributed by atoms with Gasteiger partial charge in [-0.2, -0.15) is 0 Å². The molecule has 2 aromatic rings. The number of ether oxygens (including phenoxy) is 6. The first-order valence-corrected chi connectivity index (χ1v) is 14.0. The fourth-order valence-corrected chi connectivity index (χ4v) is 4.21. The topological polar surface area (TPSA) is 89.5 Å². The van der Waals surface area contributed by atoms with Gasteiger partial charge in [0.15, 0.2) is 12.4 Å². The molecule has 8 heteroatoms. The maximum absolute atomic E-state index is 13.1. The van der Waals surface area contributed by atoms with Crippen LogP contribution in [0.4, 0.5) is 0 Å². The van der Waals surface area contributed by atoms with E-state index in [9.17, 15) is 9.59 Å². The van der Waals surface area contributed by atoms with Crippen LogP contribution in [0.2, 0.25) is 0 Å². The number of rotatable bonds is 13. The van der Waals surface area contributed by atoms with Crippen molar-refractivity contribution in [2.24, 2.45) is 11.3 Å². The van der Waals surface area contributed by atoms with E-state index in [0.29, 0.717) is 6.42 Å². The molecule has 3 rings (SSSR count). The number of benzene rings is 2. The largest absolute Gasteiger partial charge is 0.463 e. The summed E-state index contributed by atoms with van der Waals surface area (Å²) in [4.78, 5) is 25.7. The van der Waals surface area contributed by atoms with Crippen LogP contribution in [0.3, 0.4) is 0 Å². The smallest absolute Gasteiger partial charge is 0.311 e. The molecule has 0 N–H and O–H groups in total. The molecule has 1 heterocycles. The molecular formula is C32H44O8. The predicted octanol–water partition coefficient (Wildman–Crippen LogP) is 5.47. The highest BCUT2D eigenvalue weighted by Gasteiger charge is 2.51. The number of carbonyl (C=O) groups is 2. The lowest BCUT2D eigenvalue weighted by atomic mass is 9.95. The van der Waals surface area contributed by atoms with E-state index in [-0.39, 0.29) is 31.7 Å². The van der Waals surface area contributed by atoms with Crippen molar-refractivity contribution in [1.82, 2.24) is 0 Å². The Balaban J connectivity index is 1.90. The van der Waals surface area contributed by atoms with Gasteiger partial charge in [0, 0.05) is 13.5 Å². The monoisotopic (exact) mass is 556 g/mol. The molecule has 1 aliphatic heterocycles. The summed E-state index contributed by atoms with van der Waals surface area (Å²) in [5, 5.41) is 0. The summed E-state index contributed by atoms with van der Waals surface area (Å²) in [5.74, 6) is -0.571. The number of hydrogen-bond acceptors (Lipinski definition) is 8. The van der Waals surface area contributed by atoms with Crippen LogP contribution < -0.4 is 0 Å². The second kappa shape index (κ2) is 15.3. The van der Waals surface area contributed by atoms with Crippen LogP contribution in [-0.2, 0) is 51.2 Å². The van der Waals surface area contributed by atoms with Crippen LogP contribution >= 0.6 is 0 Å². The number of hydrogen-bond donors (Lipinski definition) is 0. The molecular weight excluding hydrogens is 512 g/mol. The normalized spacial score (nSPS) is 23.8. The van der Waals surface area contributed by atoms with Gasteiger partial charge in [-0.1, -0.05) is 80.9 Å². The van der Waals surface area contributed by atoms with Crippen LogP contribution in [0.15, 0.2) is 60.7 Å². The Bertz CT molecular complexity index is 1040. The molecule has 0 unspecified atom stereocenters. The molecule has 0 aromatic heterocycles. The van der Waals surface area contributed by atoms with E-state index in [1.54, 1.807) is 20.8 Å². The molecule has 0 spiro atoms. The summed E-state index contributed by atoms with van der Waals surface area (Å²) in [6, 6.07) is 19.4. The minimum atomic E-state index is -0.918. The first-order valence-electron chi connectivity index (χ1n) is 14.0. The Morgan fingerprint density at radius 2 is 1.43 bits per heavy atom. The van der Waals surface area contributed by atoms with Crippen LogP contribution in [0.25, 0.3) is 0 Å². The quantitative estimate of drug-likeness (QED) is 0.300. The second-order valence-electron chi connectivity index (χ2n) is 11.3. The van der Waals surface area contributed by atoms with E-state index in [4.69, 9.17) is 28.4 Å². The fraction of sp³-hybridized carbons (Fsp3) is 0.562. The summed E-state index contributed by atoms with van der Waals surface area (Å²) in [6.45, 7) is 9.76. The standard InChI is InChI=1S/C32H44O8/c1-7-22(2)18-26(33)36-21-25-27(40-31(34)32(3,4)5)28(37-19-23-14-10-8-11-15-23)29(30(35-6)39-25)38-20-24-16-12-9-13-17-24/h8-17,22,25,27-30H,7,18-21H2,1-6H3/t22-,25-,27-,28+,29-,30+/m1/s1. The number of methoxy groups -OCH3 is 1. The Kier molecular flexibility index (Phi) is 12.1. The molecule has 2 aromatic carbocycles. The molecule has 6 atom stereocenters. The van der Waals surface area contributed by atoms with E-state index in [2.05, 4.69) is 0 Å².